The molecular weight excluding hydrogens is 309 g/mol. The van der Waals surface area contributed by atoms with Crippen LogP contribution < -0.4 is 0 Å². The SMILES string of the molecule is O=C(O)C1CC(CP(=O)(O)O)CCN1C(=O)c1ccccc1. The third-order valence-electron chi connectivity index (χ3n) is 3.77. The Morgan fingerprint density at radius 2 is 1.86 bits per heavy atom. The fraction of sp³-hybridized carbons (Fsp3) is 0.429. The van der Waals surface area contributed by atoms with Crippen LogP contribution in [0.5, 0.6) is 0 Å². The smallest absolute Gasteiger partial charge is 0.326 e. The predicted octanol–water partition coefficient (Wildman–Crippen LogP) is 1.17. The Bertz CT molecular complexity index is 599. The molecule has 1 aromatic rings. The molecule has 1 saturated heterocycles. The fourth-order valence-electron chi connectivity index (χ4n) is 2.76. The minimum atomic E-state index is -4.19. The number of piperidine rings is 1. The fourth-order valence-corrected chi connectivity index (χ4v) is 3.77. The molecule has 1 aromatic carbocycles. The van der Waals surface area contributed by atoms with E-state index in [-0.39, 0.29) is 25.0 Å². The molecule has 2 unspecified atom stereocenters. The quantitative estimate of drug-likeness (QED) is 0.715. The summed E-state index contributed by atoms with van der Waals surface area (Å²) in [5.74, 6) is -1.93. The number of carbonyl (C=O) groups excluding carboxylic acids is 1. The number of nitrogens with zero attached hydrogens (tertiary/aromatic N) is 1. The van der Waals surface area contributed by atoms with Gasteiger partial charge in [-0.2, -0.15) is 0 Å². The maximum absolute atomic E-state index is 12.4. The van der Waals surface area contributed by atoms with Crippen molar-refractivity contribution in [1.29, 1.82) is 0 Å². The number of aliphatic carboxylic acids is 1. The first-order chi connectivity index (χ1) is 10.3. The van der Waals surface area contributed by atoms with Crippen molar-refractivity contribution >= 4 is 19.5 Å². The van der Waals surface area contributed by atoms with Gasteiger partial charge in [0, 0.05) is 12.1 Å². The predicted molar refractivity (Wildman–Crippen MR) is 78.5 cm³/mol. The van der Waals surface area contributed by atoms with Crippen LogP contribution in [0.2, 0.25) is 0 Å². The maximum atomic E-state index is 12.4. The second-order valence-electron chi connectivity index (χ2n) is 5.46. The number of carboxylic acids is 1. The lowest BCUT2D eigenvalue weighted by Gasteiger charge is -2.37. The largest absolute Gasteiger partial charge is 0.480 e. The minimum absolute atomic E-state index is 0.0546. The van der Waals surface area contributed by atoms with Gasteiger partial charge in [-0.25, -0.2) is 4.79 Å². The van der Waals surface area contributed by atoms with Crippen LogP contribution in [0.4, 0.5) is 0 Å². The molecule has 3 N–H and O–H groups in total. The molecule has 120 valence electrons. The zero-order chi connectivity index (χ0) is 16.3. The molecule has 7 nitrogen and oxygen atoms in total. The minimum Gasteiger partial charge on any atom is -0.480 e. The van der Waals surface area contributed by atoms with Gasteiger partial charge in [0.2, 0.25) is 0 Å². The summed E-state index contributed by atoms with van der Waals surface area (Å²) >= 11 is 0. The number of carbonyl (C=O) groups is 2. The Morgan fingerprint density at radius 3 is 2.41 bits per heavy atom. The lowest BCUT2D eigenvalue weighted by molar-refractivity contribution is -0.144. The summed E-state index contributed by atoms with van der Waals surface area (Å²) < 4.78 is 11.1. The number of rotatable bonds is 4. The van der Waals surface area contributed by atoms with Crippen LogP contribution in [0.25, 0.3) is 0 Å². The normalized spacial score (nSPS) is 22.4. The van der Waals surface area contributed by atoms with Gasteiger partial charge in [0.15, 0.2) is 0 Å². The first kappa shape index (κ1) is 16.7. The van der Waals surface area contributed by atoms with Crippen molar-refractivity contribution in [2.45, 2.75) is 18.9 Å². The van der Waals surface area contributed by atoms with Gasteiger partial charge in [-0.3, -0.25) is 9.36 Å². The number of amides is 1. The molecule has 2 rings (SSSR count). The lowest BCUT2D eigenvalue weighted by Crippen LogP contribution is -2.50. The summed E-state index contributed by atoms with van der Waals surface area (Å²) in [6.45, 7) is 0.176. The molecule has 1 aliphatic rings. The van der Waals surface area contributed by atoms with Crippen LogP contribution in [0.15, 0.2) is 30.3 Å². The lowest BCUT2D eigenvalue weighted by atomic mass is 9.91. The highest BCUT2D eigenvalue weighted by atomic mass is 31.2. The zero-order valence-corrected chi connectivity index (χ0v) is 12.7. The van der Waals surface area contributed by atoms with Crippen molar-refractivity contribution in [3.05, 3.63) is 35.9 Å². The molecule has 0 bridgehead atoms. The molecule has 2 atom stereocenters. The van der Waals surface area contributed by atoms with Gasteiger partial charge in [0.25, 0.3) is 5.91 Å². The number of likely N-dealkylation sites (tertiary alicyclic amines) is 1. The van der Waals surface area contributed by atoms with Crippen molar-refractivity contribution in [3.63, 3.8) is 0 Å². The van der Waals surface area contributed by atoms with Crippen LogP contribution in [0, 0.1) is 5.92 Å². The topological polar surface area (TPSA) is 115 Å². The van der Waals surface area contributed by atoms with E-state index in [4.69, 9.17) is 9.79 Å². The van der Waals surface area contributed by atoms with Gasteiger partial charge in [-0.1, -0.05) is 18.2 Å². The van der Waals surface area contributed by atoms with Crippen LogP contribution in [-0.2, 0) is 9.36 Å². The Hall–Kier alpha value is -1.69. The summed E-state index contributed by atoms with van der Waals surface area (Å²) in [5, 5.41) is 9.33. The Labute approximate surface area is 127 Å². The first-order valence-electron chi connectivity index (χ1n) is 6.91. The summed E-state index contributed by atoms with van der Waals surface area (Å²) in [6, 6.07) is 7.33. The zero-order valence-electron chi connectivity index (χ0n) is 11.8. The van der Waals surface area contributed by atoms with Crippen LogP contribution in [0.1, 0.15) is 23.2 Å². The molecule has 0 saturated carbocycles. The highest BCUT2D eigenvalue weighted by molar-refractivity contribution is 7.51. The second-order valence-corrected chi connectivity index (χ2v) is 7.15. The molecule has 22 heavy (non-hydrogen) atoms. The Morgan fingerprint density at radius 1 is 1.23 bits per heavy atom. The van der Waals surface area contributed by atoms with Crippen LogP contribution in [0.3, 0.4) is 0 Å². The molecular formula is C14H18NO6P. The van der Waals surface area contributed by atoms with Gasteiger partial charge in [-0.15, -0.1) is 0 Å². The number of carboxylic acid groups (broad SMARTS) is 1. The summed E-state index contributed by atoms with van der Waals surface area (Å²) in [4.78, 5) is 43.2. The van der Waals surface area contributed by atoms with Gasteiger partial charge < -0.3 is 19.8 Å². The molecule has 0 radical (unpaired) electrons. The van der Waals surface area contributed by atoms with E-state index in [1.165, 1.54) is 4.90 Å². The Balaban J connectivity index is 2.14. The molecule has 0 spiro atoms. The van der Waals surface area contributed by atoms with Crippen molar-refractivity contribution < 1.29 is 29.0 Å². The van der Waals surface area contributed by atoms with Crippen molar-refractivity contribution in [2.24, 2.45) is 5.92 Å². The van der Waals surface area contributed by atoms with E-state index in [1.54, 1.807) is 30.3 Å². The standard InChI is InChI=1S/C14H18NO6P/c16-13(11-4-2-1-3-5-11)15-7-6-10(9-22(19,20)21)8-12(15)14(17)18/h1-5,10,12H,6-9H2,(H,17,18)(H2,19,20,21). The van der Waals surface area contributed by atoms with Crippen LogP contribution in [-0.4, -0.2) is 50.4 Å². The second kappa shape index (κ2) is 6.60. The molecule has 8 heteroatoms. The van der Waals surface area contributed by atoms with E-state index in [0.29, 0.717) is 12.0 Å². The highest BCUT2D eigenvalue weighted by Gasteiger charge is 2.38. The molecule has 1 amide bonds. The van der Waals surface area contributed by atoms with E-state index in [2.05, 4.69) is 0 Å². The van der Waals surface area contributed by atoms with E-state index in [1.807, 2.05) is 0 Å². The highest BCUT2D eigenvalue weighted by Crippen LogP contribution is 2.40. The van der Waals surface area contributed by atoms with Gasteiger partial charge in [-0.05, 0) is 30.9 Å². The van der Waals surface area contributed by atoms with E-state index in [0.717, 1.165) is 0 Å². The monoisotopic (exact) mass is 327 g/mol. The summed E-state index contributed by atoms with van der Waals surface area (Å²) in [7, 11) is -4.19. The van der Waals surface area contributed by atoms with Gasteiger partial charge in [0.1, 0.15) is 6.04 Å². The van der Waals surface area contributed by atoms with Gasteiger partial charge >= 0.3 is 13.6 Å². The third-order valence-corrected chi connectivity index (χ3v) is 4.77. The summed E-state index contributed by atoms with van der Waals surface area (Å²) in [6.07, 6.45) is 0.0939. The van der Waals surface area contributed by atoms with E-state index in [9.17, 15) is 19.3 Å². The average Bonchev–Trinajstić information content (AvgIpc) is 2.45. The Kier molecular flexibility index (Phi) is 5.01. The molecule has 1 heterocycles. The molecule has 0 aromatic heterocycles. The first-order valence-corrected chi connectivity index (χ1v) is 8.71. The number of hydrogen-bond acceptors (Lipinski definition) is 3. The van der Waals surface area contributed by atoms with E-state index < -0.39 is 25.5 Å². The van der Waals surface area contributed by atoms with Crippen LogP contribution >= 0.6 is 7.60 Å². The van der Waals surface area contributed by atoms with Gasteiger partial charge in [0.05, 0.1) is 6.16 Å². The average molecular weight is 327 g/mol. The van der Waals surface area contributed by atoms with Crippen molar-refractivity contribution in [2.75, 3.05) is 12.7 Å². The van der Waals surface area contributed by atoms with Crippen molar-refractivity contribution in [1.82, 2.24) is 4.90 Å². The molecule has 1 aliphatic heterocycles. The van der Waals surface area contributed by atoms with E-state index >= 15 is 0 Å². The third kappa shape index (κ3) is 4.16. The maximum Gasteiger partial charge on any atom is 0.326 e. The molecule has 1 fully saturated rings. The number of benzene rings is 1. The number of hydrogen-bond donors (Lipinski definition) is 3. The van der Waals surface area contributed by atoms with Crippen molar-refractivity contribution in [3.8, 4) is 0 Å². The summed E-state index contributed by atoms with van der Waals surface area (Å²) in [5.41, 5.74) is 0.405. The molecule has 0 aliphatic carbocycles.